The van der Waals surface area contributed by atoms with Gasteiger partial charge in [0.2, 0.25) is 0 Å². The van der Waals surface area contributed by atoms with E-state index in [-0.39, 0.29) is 16.5 Å². The van der Waals surface area contributed by atoms with Crippen molar-refractivity contribution >= 4 is 0 Å². The van der Waals surface area contributed by atoms with E-state index in [1.54, 1.807) is 0 Å². The van der Waals surface area contributed by atoms with Crippen molar-refractivity contribution in [3.63, 3.8) is 0 Å². The zero-order valence-electron chi connectivity index (χ0n) is 7.95. The van der Waals surface area contributed by atoms with Gasteiger partial charge in [-0.15, -0.1) is 0 Å². The Morgan fingerprint density at radius 1 is 0.692 bits per heavy atom. The fraction of sp³-hybridized carbons (Fsp3) is 0.500. The molecule has 0 aromatic heterocycles. The summed E-state index contributed by atoms with van der Waals surface area (Å²) in [6.45, 7) is 0. The Morgan fingerprint density at radius 2 is 1.23 bits per heavy atom. The average Bonchev–Trinajstić information content (AvgIpc) is 2.05. The molecule has 0 aromatic rings. The molecule has 0 heterocycles. The Hall–Kier alpha value is -0.286. The van der Waals surface area contributed by atoms with Crippen molar-refractivity contribution in [2.45, 2.75) is 38.5 Å². The number of hydrogen-bond donors (Lipinski definition) is 0. The van der Waals surface area contributed by atoms with Crippen LogP contribution in [0.3, 0.4) is 0 Å². The summed E-state index contributed by atoms with van der Waals surface area (Å²) in [6.07, 6.45) is 21.5. The first-order chi connectivity index (χ1) is 6.00. The summed E-state index contributed by atoms with van der Waals surface area (Å²) >= 11 is 0. The van der Waals surface area contributed by atoms with E-state index in [2.05, 4.69) is 36.5 Å². The minimum Gasteiger partial charge on any atom is -0.500 e. The molecule has 1 heteroatoms. The number of rotatable bonds is 0. The second-order valence-corrected chi connectivity index (χ2v) is 3.04. The van der Waals surface area contributed by atoms with Crippen molar-refractivity contribution < 1.29 is 16.5 Å². The molecule has 0 fully saturated rings. The summed E-state index contributed by atoms with van der Waals surface area (Å²) in [5.74, 6) is 0. The van der Waals surface area contributed by atoms with Crippen LogP contribution in [0.15, 0.2) is 30.4 Å². The van der Waals surface area contributed by atoms with Gasteiger partial charge in [0.25, 0.3) is 0 Å². The normalized spacial score (nSPS) is 23.4. The Labute approximate surface area is 91.7 Å². The van der Waals surface area contributed by atoms with Crippen molar-refractivity contribution in [1.82, 2.24) is 0 Å². The molecule has 0 bridgehead atoms. The van der Waals surface area contributed by atoms with Gasteiger partial charge in [0, 0.05) is 16.5 Å². The van der Waals surface area contributed by atoms with Crippen molar-refractivity contribution in [1.29, 1.82) is 0 Å². The van der Waals surface area contributed by atoms with Gasteiger partial charge in [-0.1, -0.05) is 37.1 Å². The van der Waals surface area contributed by atoms with Crippen LogP contribution < -0.4 is 0 Å². The molecule has 0 unspecified atom stereocenters. The molecule has 0 spiro atoms. The van der Waals surface area contributed by atoms with Gasteiger partial charge >= 0.3 is 0 Å². The smallest absolute Gasteiger partial charge is 0 e. The van der Waals surface area contributed by atoms with Crippen molar-refractivity contribution in [3.05, 3.63) is 36.5 Å². The van der Waals surface area contributed by atoms with Crippen LogP contribution in [0.2, 0.25) is 0 Å². The predicted octanol–water partition coefficient (Wildman–Crippen LogP) is 3.81. The summed E-state index contributed by atoms with van der Waals surface area (Å²) in [5, 5.41) is 0. The molecule has 0 aromatic carbocycles. The average molecular weight is 220 g/mol. The van der Waals surface area contributed by atoms with Gasteiger partial charge in [0.1, 0.15) is 0 Å². The first kappa shape index (κ1) is 12.7. The molecule has 1 aliphatic carbocycles. The molecule has 0 radical (unpaired) electrons. The van der Waals surface area contributed by atoms with Crippen molar-refractivity contribution in [2.24, 2.45) is 0 Å². The summed E-state index contributed by atoms with van der Waals surface area (Å²) in [6, 6.07) is 0. The van der Waals surface area contributed by atoms with Crippen LogP contribution in [-0.4, -0.2) is 0 Å². The van der Waals surface area contributed by atoms with Crippen molar-refractivity contribution in [2.75, 3.05) is 0 Å². The standard InChI is InChI=1S/C12H17.Ni/c1-2-4-6-8-10-12-11-9-7-5-3-1;/h1-2,7-9H,3-6,11-12H2;/q-1;/b2-1+,9-7+;. The fourth-order valence-electron chi connectivity index (χ4n) is 1.21. The third-order valence-electron chi connectivity index (χ3n) is 1.91. The fourth-order valence-corrected chi connectivity index (χ4v) is 1.21. The maximum absolute atomic E-state index is 3.29. The summed E-state index contributed by atoms with van der Waals surface area (Å²) in [5.41, 5.74) is 0. The number of hydrogen-bond acceptors (Lipinski definition) is 0. The van der Waals surface area contributed by atoms with Gasteiger partial charge in [-0.2, -0.15) is 6.42 Å². The van der Waals surface area contributed by atoms with Gasteiger partial charge in [-0.05, 0) is 19.3 Å². The Bertz CT molecular complexity index is 126. The van der Waals surface area contributed by atoms with E-state index < -0.39 is 0 Å². The number of allylic oxidation sites excluding steroid dienone is 6. The Kier molecular flexibility index (Phi) is 9.58. The van der Waals surface area contributed by atoms with Crippen LogP contribution in [0.4, 0.5) is 0 Å². The zero-order valence-corrected chi connectivity index (χ0v) is 8.93. The molecule has 0 nitrogen and oxygen atoms in total. The third-order valence-corrected chi connectivity index (χ3v) is 1.91. The molecule has 76 valence electrons. The molecule has 13 heavy (non-hydrogen) atoms. The molecular formula is C12H17Ni-. The zero-order chi connectivity index (χ0) is 8.49. The van der Waals surface area contributed by atoms with Gasteiger partial charge in [-0.25, -0.2) is 0 Å². The Balaban J connectivity index is 0.00000144. The van der Waals surface area contributed by atoms with Crippen LogP contribution in [0.5, 0.6) is 0 Å². The van der Waals surface area contributed by atoms with Crippen LogP contribution in [-0.2, 0) is 16.5 Å². The van der Waals surface area contributed by atoms with Gasteiger partial charge in [0.05, 0.1) is 0 Å². The second kappa shape index (κ2) is 9.80. The molecule has 0 saturated carbocycles. The van der Waals surface area contributed by atoms with E-state index in [0.717, 1.165) is 19.3 Å². The molecule has 1 rings (SSSR count). The van der Waals surface area contributed by atoms with Gasteiger partial charge < -0.3 is 6.08 Å². The predicted molar refractivity (Wildman–Crippen MR) is 53.8 cm³/mol. The molecule has 0 N–H and O–H groups in total. The van der Waals surface area contributed by atoms with Gasteiger partial charge in [0.15, 0.2) is 0 Å². The minimum absolute atomic E-state index is 0. The maximum atomic E-state index is 3.29. The van der Waals surface area contributed by atoms with Gasteiger partial charge in [-0.3, -0.25) is 6.08 Å². The van der Waals surface area contributed by atoms with E-state index in [0.29, 0.717) is 0 Å². The maximum Gasteiger partial charge on any atom is 0 e. The molecule has 0 amide bonds. The molecular weight excluding hydrogens is 203 g/mol. The summed E-state index contributed by atoms with van der Waals surface area (Å²) < 4.78 is 0. The molecule has 0 saturated heterocycles. The first-order valence-electron chi connectivity index (χ1n) is 4.85. The van der Waals surface area contributed by atoms with E-state index in [4.69, 9.17) is 0 Å². The largest absolute Gasteiger partial charge is 0.500 e. The van der Waals surface area contributed by atoms with Crippen LogP contribution in [0.1, 0.15) is 38.5 Å². The van der Waals surface area contributed by atoms with Crippen LogP contribution in [0.25, 0.3) is 0 Å². The first-order valence-corrected chi connectivity index (χ1v) is 4.85. The van der Waals surface area contributed by atoms with Crippen LogP contribution in [0, 0.1) is 6.08 Å². The monoisotopic (exact) mass is 219 g/mol. The topological polar surface area (TPSA) is 0 Å². The van der Waals surface area contributed by atoms with E-state index in [9.17, 15) is 0 Å². The summed E-state index contributed by atoms with van der Waals surface area (Å²) in [4.78, 5) is 0. The van der Waals surface area contributed by atoms with E-state index in [1.807, 2.05) is 0 Å². The van der Waals surface area contributed by atoms with Crippen LogP contribution >= 0.6 is 0 Å². The quantitative estimate of drug-likeness (QED) is 0.330. The minimum atomic E-state index is 0. The molecule has 0 aliphatic heterocycles. The third kappa shape index (κ3) is 8.05. The van der Waals surface area contributed by atoms with Crippen molar-refractivity contribution in [3.8, 4) is 0 Å². The Morgan fingerprint density at radius 3 is 1.92 bits per heavy atom. The molecule has 0 atom stereocenters. The van der Waals surface area contributed by atoms with E-state index in [1.165, 1.54) is 19.3 Å². The summed E-state index contributed by atoms with van der Waals surface area (Å²) in [7, 11) is 0. The van der Waals surface area contributed by atoms with E-state index >= 15 is 0 Å². The SMILES string of the molecule is [C-]1=CCC/C=C/CC/C=C/CC1.[Ni]. The molecule has 1 aliphatic rings. The second-order valence-electron chi connectivity index (χ2n) is 3.04.